The Bertz CT molecular complexity index is 762. The monoisotopic (exact) mass is 301 g/mol. The van der Waals surface area contributed by atoms with Crippen molar-refractivity contribution in [3.05, 3.63) is 34.6 Å². The molecule has 0 radical (unpaired) electrons. The number of hydrogen-bond donors (Lipinski definition) is 1. The Morgan fingerprint density at radius 2 is 2.24 bits per heavy atom. The van der Waals surface area contributed by atoms with E-state index < -0.39 is 0 Å². The van der Waals surface area contributed by atoms with Crippen LogP contribution in [-0.2, 0) is 11.3 Å². The van der Waals surface area contributed by atoms with E-state index in [4.69, 9.17) is 6.42 Å². The van der Waals surface area contributed by atoms with Crippen molar-refractivity contribution in [1.82, 2.24) is 14.9 Å². The van der Waals surface area contributed by atoms with Crippen LogP contribution in [0.1, 0.15) is 6.92 Å². The van der Waals surface area contributed by atoms with Crippen molar-refractivity contribution in [3.8, 4) is 12.3 Å². The van der Waals surface area contributed by atoms with Gasteiger partial charge in [-0.05, 0) is 19.1 Å². The van der Waals surface area contributed by atoms with E-state index in [9.17, 15) is 9.59 Å². The predicted octanol–water partition coefficient (Wildman–Crippen LogP) is 1.26. The molecule has 1 amide bonds. The lowest BCUT2D eigenvalue weighted by Crippen LogP contribution is -2.27. The van der Waals surface area contributed by atoms with Gasteiger partial charge in [0.1, 0.15) is 0 Å². The first-order valence-electron chi connectivity index (χ1n) is 6.50. The number of fused-ring (bicyclic) bond motifs is 1. The Hall–Kier alpha value is -2.26. The van der Waals surface area contributed by atoms with Gasteiger partial charge in [0.2, 0.25) is 5.91 Å². The van der Waals surface area contributed by atoms with E-state index in [1.54, 1.807) is 16.7 Å². The second kappa shape index (κ2) is 6.95. The highest BCUT2D eigenvalue weighted by Crippen LogP contribution is 2.17. The number of hydrogen-bond acceptors (Lipinski definition) is 4. The van der Waals surface area contributed by atoms with Crippen LogP contribution in [0, 0.1) is 12.3 Å². The normalized spacial score (nSPS) is 10.3. The molecule has 21 heavy (non-hydrogen) atoms. The molecule has 0 atom stereocenters. The Labute approximate surface area is 126 Å². The van der Waals surface area contributed by atoms with Crippen molar-refractivity contribution in [2.24, 2.45) is 0 Å². The van der Waals surface area contributed by atoms with Crippen LogP contribution in [0.5, 0.6) is 0 Å². The van der Waals surface area contributed by atoms with E-state index >= 15 is 0 Å². The zero-order chi connectivity index (χ0) is 15.2. The molecular weight excluding hydrogens is 286 g/mol. The Morgan fingerprint density at radius 3 is 2.95 bits per heavy atom. The van der Waals surface area contributed by atoms with Gasteiger partial charge in [0.15, 0.2) is 5.16 Å². The molecule has 0 unspecified atom stereocenters. The van der Waals surface area contributed by atoms with Crippen LogP contribution in [0.4, 0.5) is 0 Å². The summed E-state index contributed by atoms with van der Waals surface area (Å²) < 4.78 is 1.57. The molecule has 0 bridgehead atoms. The first kappa shape index (κ1) is 15.1. The third-order valence-electron chi connectivity index (χ3n) is 2.86. The topological polar surface area (TPSA) is 64.0 Å². The number of carbonyl (C=O) groups is 1. The summed E-state index contributed by atoms with van der Waals surface area (Å²) in [5, 5.41) is 3.70. The largest absolute Gasteiger partial charge is 0.344 e. The van der Waals surface area contributed by atoms with E-state index in [2.05, 4.69) is 16.2 Å². The van der Waals surface area contributed by atoms with Gasteiger partial charge in [-0.3, -0.25) is 14.2 Å². The molecular formula is C15H15N3O2S. The van der Waals surface area contributed by atoms with Crippen LogP contribution in [0.15, 0.2) is 34.2 Å². The second-order valence-electron chi connectivity index (χ2n) is 4.23. The van der Waals surface area contributed by atoms with Crippen LogP contribution < -0.4 is 10.9 Å². The average Bonchev–Trinajstić information content (AvgIpc) is 2.51. The van der Waals surface area contributed by atoms with Gasteiger partial charge in [-0.2, -0.15) is 0 Å². The maximum absolute atomic E-state index is 12.4. The summed E-state index contributed by atoms with van der Waals surface area (Å²) in [5.74, 6) is 2.34. The fourth-order valence-electron chi connectivity index (χ4n) is 1.87. The molecule has 0 spiro atoms. The molecule has 0 fully saturated rings. The molecule has 1 N–H and O–H groups in total. The van der Waals surface area contributed by atoms with Crippen LogP contribution in [0.2, 0.25) is 0 Å². The van der Waals surface area contributed by atoms with Crippen molar-refractivity contribution in [2.45, 2.75) is 18.6 Å². The second-order valence-corrected chi connectivity index (χ2v) is 5.17. The fourth-order valence-corrected chi connectivity index (χ4v) is 2.76. The summed E-state index contributed by atoms with van der Waals surface area (Å²) >= 11 is 1.23. The number of aromatic nitrogens is 2. The molecule has 108 valence electrons. The third kappa shape index (κ3) is 3.44. The zero-order valence-electron chi connectivity index (χ0n) is 11.6. The molecule has 1 aromatic heterocycles. The zero-order valence-corrected chi connectivity index (χ0v) is 12.4. The number of thioether (sulfide) groups is 1. The van der Waals surface area contributed by atoms with E-state index in [1.165, 1.54) is 11.8 Å². The number of rotatable bonds is 5. The first-order chi connectivity index (χ1) is 10.2. The minimum absolute atomic E-state index is 0.0883. The molecule has 0 saturated carbocycles. The highest BCUT2D eigenvalue weighted by Gasteiger charge is 2.11. The molecule has 0 saturated heterocycles. The number of para-hydroxylation sites is 1. The lowest BCUT2D eigenvalue weighted by molar-refractivity contribution is -0.118. The standard InChI is InChI=1S/C15H15N3O2S/c1-3-9-16-13(19)10-21-15-17-12-8-6-5-7-11(12)14(20)18(15)4-2/h1,5-8H,4,9-10H2,2H3,(H,16,19). The van der Waals surface area contributed by atoms with E-state index in [1.807, 2.05) is 19.1 Å². The van der Waals surface area contributed by atoms with Crippen molar-refractivity contribution in [2.75, 3.05) is 12.3 Å². The van der Waals surface area contributed by atoms with Crippen LogP contribution in [0.3, 0.4) is 0 Å². The van der Waals surface area contributed by atoms with Crippen molar-refractivity contribution < 1.29 is 4.79 Å². The molecule has 1 aromatic carbocycles. The summed E-state index contributed by atoms with van der Waals surface area (Å²) in [5.41, 5.74) is 0.549. The minimum Gasteiger partial charge on any atom is -0.344 e. The highest BCUT2D eigenvalue weighted by molar-refractivity contribution is 7.99. The molecule has 2 rings (SSSR count). The number of terminal acetylenes is 1. The van der Waals surface area contributed by atoms with Crippen LogP contribution in [0.25, 0.3) is 10.9 Å². The van der Waals surface area contributed by atoms with Gasteiger partial charge in [-0.15, -0.1) is 6.42 Å². The summed E-state index contributed by atoms with van der Waals surface area (Å²) in [6, 6.07) is 7.19. The molecule has 5 nitrogen and oxygen atoms in total. The Balaban J connectivity index is 2.29. The van der Waals surface area contributed by atoms with E-state index in [-0.39, 0.29) is 23.8 Å². The van der Waals surface area contributed by atoms with Gasteiger partial charge in [0.25, 0.3) is 5.56 Å². The summed E-state index contributed by atoms with van der Waals surface area (Å²) in [7, 11) is 0. The third-order valence-corrected chi connectivity index (χ3v) is 3.84. The van der Waals surface area contributed by atoms with E-state index in [0.717, 1.165) is 0 Å². The van der Waals surface area contributed by atoms with Crippen LogP contribution in [-0.4, -0.2) is 27.8 Å². The summed E-state index contributed by atoms with van der Waals surface area (Å²) in [6.07, 6.45) is 5.08. The summed E-state index contributed by atoms with van der Waals surface area (Å²) in [6.45, 7) is 2.58. The summed E-state index contributed by atoms with van der Waals surface area (Å²) in [4.78, 5) is 28.4. The number of benzene rings is 1. The minimum atomic E-state index is -0.178. The van der Waals surface area contributed by atoms with Gasteiger partial charge in [-0.25, -0.2) is 4.98 Å². The number of amides is 1. The Kier molecular flexibility index (Phi) is 5.01. The van der Waals surface area contributed by atoms with Gasteiger partial charge in [-0.1, -0.05) is 29.8 Å². The maximum Gasteiger partial charge on any atom is 0.262 e. The molecule has 0 aliphatic carbocycles. The average molecular weight is 301 g/mol. The van der Waals surface area contributed by atoms with Gasteiger partial charge < -0.3 is 5.32 Å². The lowest BCUT2D eigenvalue weighted by atomic mass is 10.2. The SMILES string of the molecule is C#CCNC(=O)CSc1nc2ccccc2c(=O)n1CC. The van der Waals surface area contributed by atoms with Crippen molar-refractivity contribution in [3.63, 3.8) is 0 Å². The smallest absolute Gasteiger partial charge is 0.262 e. The molecule has 6 heteroatoms. The van der Waals surface area contributed by atoms with Gasteiger partial charge in [0.05, 0.1) is 23.2 Å². The lowest BCUT2D eigenvalue weighted by Gasteiger charge is -2.10. The van der Waals surface area contributed by atoms with Gasteiger partial charge >= 0.3 is 0 Å². The maximum atomic E-state index is 12.4. The van der Waals surface area contributed by atoms with E-state index in [0.29, 0.717) is 22.6 Å². The van der Waals surface area contributed by atoms with Gasteiger partial charge in [0, 0.05) is 6.54 Å². The highest BCUT2D eigenvalue weighted by atomic mass is 32.2. The van der Waals surface area contributed by atoms with Crippen molar-refractivity contribution >= 4 is 28.6 Å². The Morgan fingerprint density at radius 1 is 1.48 bits per heavy atom. The van der Waals surface area contributed by atoms with Crippen LogP contribution >= 0.6 is 11.8 Å². The fraction of sp³-hybridized carbons (Fsp3) is 0.267. The number of nitrogens with one attached hydrogen (secondary N) is 1. The number of carbonyl (C=O) groups excluding carboxylic acids is 1. The predicted molar refractivity (Wildman–Crippen MR) is 84.2 cm³/mol. The number of nitrogens with zero attached hydrogens (tertiary/aromatic N) is 2. The molecule has 1 heterocycles. The quantitative estimate of drug-likeness (QED) is 0.513. The molecule has 2 aromatic rings. The molecule has 0 aliphatic rings. The molecule has 0 aliphatic heterocycles. The van der Waals surface area contributed by atoms with Crippen molar-refractivity contribution in [1.29, 1.82) is 0 Å². The first-order valence-corrected chi connectivity index (χ1v) is 7.48.